The number of amides is 1. The first-order valence-corrected chi connectivity index (χ1v) is 10.5. The molecule has 2 aromatic carbocycles. The number of aliphatic hydroxyl groups excluding tert-OH is 1. The van der Waals surface area contributed by atoms with Gasteiger partial charge in [0.2, 0.25) is 0 Å². The number of carbonyl (C=O) groups excluding carboxylic acids is 2. The molecule has 1 unspecified atom stereocenters. The number of hydrogen-bond acceptors (Lipinski definition) is 5. The molecule has 0 radical (unpaired) electrons. The van der Waals surface area contributed by atoms with Crippen LogP contribution in [-0.4, -0.2) is 33.3 Å². The SMILES string of the molecule is CCOc1cccc(C(O)=C2C(=O)C(=O)N(Cc3ccncc3)C2c2ccc(Cl)cc2)c1. The molecule has 32 heavy (non-hydrogen) atoms. The highest BCUT2D eigenvalue weighted by molar-refractivity contribution is 6.46. The molecule has 3 aromatic rings. The van der Waals surface area contributed by atoms with E-state index in [1.165, 1.54) is 4.90 Å². The van der Waals surface area contributed by atoms with Crippen LogP contribution in [0.5, 0.6) is 5.75 Å². The van der Waals surface area contributed by atoms with Gasteiger partial charge in [0.15, 0.2) is 0 Å². The second-order valence-electron chi connectivity index (χ2n) is 7.29. The first kappa shape index (κ1) is 21.6. The fourth-order valence-corrected chi connectivity index (χ4v) is 3.90. The molecule has 0 aliphatic carbocycles. The third-order valence-electron chi connectivity index (χ3n) is 5.25. The lowest BCUT2D eigenvalue weighted by atomic mass is 9.95. The van der Waals surface area contributed by atoms with Gasteiger partial charge in [-0.3, -0.25) is 14.6 Å². The number of ether oxygens (including phenoxy) is 1. The zero-order valence-electron chi connectivity index (χ0n) is 17.4. The van der Waals surface area contributed by atoms with E-state index in [4.69, 9.17) is 16.3 Å². The van der Waals surface area contributed by atoms with E-state index in [9.17, 15) is 14.7 Å². The Balaban J connectivity index is 1.84. The number of likely N-dealkylation sites (tertiary alicyclic amines) is 1. The molecule has 6 nitrogen and oxygen atoms in total. The fraction of sp³-hybridized carbons (Fsp3) is 0.160. The molecule has 162 valence electrons. The molecule has 0 saturated carbocycles. The van der Waals surface area contributed by atoms with Gasteiger partial charge in [0.05, 0.1) is 18.2 Å². The maximum atomic E-state index is 13.1. The van der Waals surface area contributed by atoms with E-state index in [-0.39, 0.29) is 17.9 Å². The molecule has 0 spiro atoms. The van der Waals surface area contributed by atoms with E-state index in [1.807, 2.05) is 6.92 Å². The Kier molecular flexibility index (Phi) is 6.23. The number of carbonyl (C=O) groups is 2. The quantitative estimate of drug-likeness (QED) is 0.334. The van der Waals surface area contributed by atoms with Gasteiger partial charge < -0.3 is 14.7 Å². The summed E-state index contributed by atoms with van der Waals surface area (Å²) < 4.78 is 5.52. The number of nitrogens with zero attached hydrogens (tertiary/aromatic N) is 2. The monoisotopic (exact) mass is 448 g/mol. The van der Waals surface area contributed by atoms with E-state index in [0.717, 1.165) is 5.56 Å². The average Bonchev–Trinajstić information content (AvgIpc) is 3.05. The standard InChI is InChI=1S/C25H21ClN2O4/c1-2-32-20-5-3-4-18(14-20)23(29)21-22(17-6-8-19(26)9-7-17)28(25(31)24(21)30)15-16-10-12-27-13-11-16/h3-14,22,29H,2,15H2,1H3. The molecule has 4 rings (SSSR count). The van der Waals surface area contributed by atoms with Crippen LogP contribution in [0.3, 0.4) is 0 Å². The highest BCUT2D eigenvalue weighted by Gasteiger charge is 2.46. The highest BCUT2D eigenvalue weighted by Crippen LogP contribution is 2.40. The molecular weight excluding hydrogens is 428 g/mol. The van der Waals surface area contributed by atoms with Gasteiger partial charge in [-0.2, -0.15) is 0 Å². The summed E-state index contributed by atoms with van der Waals surface area (Å²) in [6.45, 7) is 2.51. The van der Waals surface area contributed by atoms with Gasteiger partial charge in [0, 0.05) is 29.5 Å². The van der Waals surface area contributed by atoms with Gasteiger partial charge >= 0.3 is 0 Å². The number of benzene rings is 2. The summed E-state index contributed by atoms with van der Waals surface area (Å²) in [6.07, 6.45) is 3.25. The Hall–Kier alpha value is -3.64. The summed E-state index contributed by atoms with van der Waals surface area (Å²) in [7, 11) is 0. The number of rotatable bonds is 6. The fourth-order valence-electron chi connectivity index (χ4n) is 3.77. The van der Waals surface area contributed by atoms with Crippen LogP contribution in [0.1, 0.15) is 29.7 Å². The van der Waals surface area contributed by atoms with Crippen molar-refractivity contribution < 1.29 is 19.4 Å². The van der Waals surface area contributed by atoms with Crippen LogP contribution >= 0.6 is 11.6 Å². The Labute approximate surface area is 190 Å². The van der Waals surface area contributed by atoms with Crippen LogP contribution in [0.15, 0.2) is 78.6 Å². The number of halogens is 1. The lowest BCUT2D eigenvalue weighted by Crippen LogP contribution is -2.29. The maximum absolute atomic E-state index is 13.1. The number of hydrogen-bond donors (Lipinski definition) is 1. The van der Waals surface area contributed by atoms with Crippen molar-refractivity contribution in [1.29, 1.82) is 0 Å². The molecule has 0 bridgehead atoms. The number of pyridine rings is 1. The van der Waals surface area contributed by atoms with Crippen LogP contribution in [0, 0.1) is 0 Å². The summed E-state index contributed by atoms with van der Waals surface area (Å²) in [5, 5.41) is 11.7. The van der Waals surface area contributed by atoms with E-state index in [2.05, 4.69) is 4.98 Å². The summed E-state index contributed by atoms with van der Waals surface area (Å²) in [4.78, 5) is 31.6. The van der Waals surface area contributed by atoms with Crippen molar-refractivity contribution in [3.63, 3.8) is 0 Å². The Morgan fingerprint density at radius 1 is 1.09 bits per heavy atom. The van der Waals surface area contributed by atoms with Gasteiger partial charge in [0.1, 0.15) is 11.5 Å². The molecule has 1 fully saturated rings. The molecule has 1 amide bonds. The minimum Gasteiger partial charge on any atom is -0.507 e. The zero-order chi connectivity index (χ0) is 22.7. The molecule has 2 heterocycles. The number of aliphatic hydroxyl groups is 1. The van der Waals surface area contributed by atoms with Gasteiger partial charge in [-0.05, 0) is 54.4 Å². The van der Waals surface area contributed by atoms with E-state index in [1.54, 1.807) is 73.1 Å². The predicted octanol–water partition coefficient (Wildman–Crippen LogP) is 4.76. The van der Waals surface area contributed by atoms with Crippen molar-refractivity contribution in [3.05, 3.63) is 100 Å². The van der Waals surface area contributed by atoms with Crippen LogP contribution < -0.4 is 4.74 Å². The van der Waals surface area contributed by atoms with E-state index in [0.29, 0.717) is 28.5 Å². The van der Waals surface area contributed by atoms with Crippen LogP contribution in [0.2, 0.25) is 5.02 Å². The minimum atomic E-state index is -0.767. The van der Waals surface area contributed by atoms with Crippen molar-refractivity contribution in [2.75, 3.05) is 6.61 Å². The minimum absolute atomic E-state index is 0.0278. The molecular formula is C25H21ClN2O4. The number of Topliss-reactive ketones (excluding diaryl/α,β-unsaturated/α-hetero) is 1. The smallest absolute Gasteiger partial charge is 0.295 e. The topological polar surface area (TPSA) is 79.7 Å². The molecule has 7 heteroatoms. The van der Waals surface area contributed by atoms with E-state index >= 15 is 0 Å². The Bertz CT molecular complexity index is 1180. The molecule has 1 atom stereocenters. The first-order valence-electron chi connectivity index (χ1n) is 10.2. The Morgan fingerprint density at radius 2 is 1.81 bits per heavy atom. The van der Waals surface area contributed by atoms with Crippen molar-refractivity contribution >= 4 is 29.1 Å². The second-order valence-corrected chi connectivity index (χ2v) is 7.73. The van der Waals surface area contributed by atoms with E-state index < -0.39 is 17.7 Å². The van der Waals surface area contributed by atoms with Gasteiger partial charge in [-0.1, -0.05) is 35.9 Å². The van der Waals surface area contributed by atoms with Crippen LogP contribution in [0.25, 0.3) is 5.76 Å². The summed E-state index contributed by atoms with van der Waals surface area (Å²) >= 11 is 6.05. The van der Waals surface area contributed by atoms with Gasteiger partial charge in [-0.25, -0.2) is 0 Å². The van der Waals surface area contributed by atoms with Crippen molar-refractivity contribution in [3.8, 4) is 5.75 Å². The lowest BCUT2D eigenvalue weighted by molar-refractivity contribution is -0.140. The van der Waals surface area contributed by atoms with Crippen molar-refractivity contribution in [1.82, 2.24) is 9.88 Å². The van der Waals surface area contributed by atoms with Gasteiger partial charge in [-0.15, -0.1) is 0 Å². The molecule has 1 aliphatic heterocycles. The van der Waals surface area contributed by atoms with Crippen LogP contribution in [0.4, 0.5) is 0 Å². The number of aromatic nitrogens is 1. The Morgan fingerprint density at radius 3 is 2.50 bits per heavy atom. The van der Waals surface area contributed by atoms with Gasteiger partial charge in [0.25, 0.3) is 11.7 Å². The molecule has 1 N–H and O–H groups in total. The molecule has 1 saturated heterocycles. The third-order valence-corrected chi connectivity index (χ3v) is 5.50. The van der Waals surface area contributed by atoms with Crippen molar-refractivity contribution in [2.45, 2.75) is 19.5 Å². The maximum Gasteiger partial charge on any atom is 0.295 e. The highest BCUT2D eigenvalue weighted by atomic mass is 35.5. The first-order chi connectivity index (χ1) is 15.5. The summed E-state index contributed by atoms with van der Waals surface area (Å²) in [5.74, 6) is -1.10. The third kappa shape index (κ3) is 4.22. The molecule has 1 aromatic heterocycles. The summed E-state index contributed by atoms with van der Waals surface area (Å²) in [6, 6.07) is 16.5. The largest absolute Gasteiger partial charge is 0.507 e. The second kappa shape index (κ2) is 9.24. The lowest BCUT2D eigenvalue weighted by Gasteiger charge is -2.25. The molecule has 1 aliphatic rings. The normalized spacial score (nSPS) is 17.6. The van der Waals surface area contributed by atoms with Crippen LogP contribution in [-0.2, 0) is 16.1 Å². The predicted molar refractivity (Wildman–Crippen MR) is 121 cm³/mol. The van der Waals surface area contributed by atoms with Crippen molar-refractivity contribution in [2.24, 2.45) is 0 Å². The number of ketones is 1. The zero-order valence-corrected chi connectivity index (χ0v) is 18.1. The summed E-state index contributed by atoms with van der Waals surface area (Å²) in [5.41, 5.74) is 1.92. The average molecular weight is 449 g/mol.